The molecule has 10 heteroatoms. The van der Waals surface area contributed by atoms with Gasteiger partial charge in [0.05, 0.1) is 24.1 Å². The number of rotatable bonds is 9. The standard InChI is InChI=1S/C23H22F2N2O5S/c1-4-15-7-5-6-8-18(15)27(14(2)28)23-26-17(13-33-23)12-31-21(29)16-9-10-19(32-22(24)25)20(11-16)30-3/h5-11,13,22H,4,12H2,1-3H3. The van der Waals surface area contributed by atoms with Gasteiger partial charge in [0.15, 0.2) is 16.6 Å². The summed E-state index contributed by atoms with van der Waals surface area (Å²) in [5.74, 6) is -1.09. The third-order valence-corrected chi connectivity index (χ3v) is 5.50. The predicted molar refractivity (Wildman–Crippen MR) is 119 cm³/mol. The number of amides is 1. The molecule has 0 saturated heterocycles. The molecule has 0 spiro atoms. The SMILES string of the molecule is CCc1ccccc1N(C(C)=O)c1nc(COC(=O)c2ccc(OC(F)F)c(OC)c2)cs1. The Balaban J connectivity index is 1.73. The fourth-order valence-corrected chi connectivity index (χ4v) is 3.98. The molecule has 3 aromatic rings. The van der Waals surface area contributed by atoms with Gasteiger partial charge in [-0.3, -0.25) is 9.69 Å². The number of aromatic nitrogens is 1. The van der Waals surface area contributed by atoms with E-state index in [0.717, 1.165) is 17.7 Å². The van der Waals surface area contributed by atoms with E-state index in [1.807, 2.05) is 31.2 Å². The summed E-state index contributed by atoms with van der Waals surface area (Å²) >= 11 is 1.26. The number of ether oxygens (including phenoxy) is 3. The van der Waals surface area contributed by atoms with Gasteiger partial charge in [0.25, 0.3) is 0 Å². The van der Waals surface area contributed by atoms with E-state index in [1.54, 1.807) is 5.38 Å². The first-order valence-corrected chi connectivity index (χ1v) is 10.8. The number of benzene rings is 2. The number of hydrogen-bond acceptors (Lipinski definition) is 7. The minimum absolute atomic E-state index is 0.0209. The zero-order chi connectivity index (χ0) is 24.0. The second-order valence-corrected chi connectivity index (χ2v) is 7.61. The molecular formula is C23H22F2N2O5S. The molecule has 2 aromatic carbocycles. The molecule has 7 nitrogen and oxygen atoms in total. The Morgan fingerprint density at radius 1 is 1.15 bits per heavy atom. The molecule has 1 heterocycles. The summed E-state index contributed by atoms with van der Waals surface area (Å²) in [5.41, 5.74) is 2.33. The number of carbonyl (C=O) groups is 2. The van der Waals surface area contributed by atoms with Crippen LogP contribution in [-0.2, 0) is 22.6 Å². The number of esters is 1. The Bertz CT molecular complexity index is 1140. The van der Waals surface area contributed by atoms with Gasteiger partial charge in [-0.05, 0) is 36.2 Å². The molecule has 0 unspecified atom stereocenters. The predicted octanol–water partition coefficient (Wildman–Crippen LogP) is 5.36. The second kappa shape index (κ2) is 10.9. The van der Waals surface area contributed by atoms with Crippen LogP contribution in [0.1, 0.15) is 35.5 Å². The highest BCUT2D eigenvalue weighted by molar-refractivity contribution is 7.14. The largest absolute Gasteiger partial charge is 0.493 e. The maximum atomic E-state index is 12.5. The number of para-hydroxylation sites is 1. The second-order valence-electron chi connectivity index (χ2n) is 6.78. The van der Waals surface area contributed by atoms with E-state index in [1.165, 1.54) is 48.5 Å². The number of carbonyl (C=O) groups excluding carboxylic acids is 2. The van der Waals surface area contributed by atoms with Crippen molar-refractivity contribution in [1.29, 1.82) is 0 Å². The Morgan fingerprint density at radius 2 is 1.91 bits per heavy atom. The Morgan fingerprint density at radius 3 is 2.58 bits per heavy atom. The third-order valence-electron chi connectivity index (χ3n) is 4.63. The number of nitrogens with zero attached hydrogens (tertiary/aromatic N) is 2. The first-order chi connectivity index (χ1) is 15.8. The molecule has 0 aliphatic heterocycles. The van der Waals surface area contributed by atoms with Crippen molar-refractivity contribution in [2.24, 2.45) is 0 Å². The highest BCUT2D eigenvalue weighted by atomic mass is 32.1. The summed E-state index contributed by atoms with van der Waals surface area (Å²) in [6, 6.07) is 11.3. The van der Waals surface area contributed by atoms with Crippen molar-refractivity contribution in [3.8, 4) is 11.5 Å². The smallest absolute Gasteiger partial charge is 0.387 e. The quantitative estimate of drug-likeness (QED) is 0.387. The van der Waals surface area contributed by atoms with Crippen LogP contribution in [0.3, 0.4) is 0 Å². The number of aryl methyl sites for hydroxylation is 1. The van der Waals surface area contributed by atoms with Crippen molar-refractivity contribution < 1.29 is 32.6 Å². The molecule has 33 heavy (non-hydrogen) atoms. The lowest BCUT2D eigenvalue weighted by atomic mass is 10.1. The molecule has 0 aliphatic carbocycles. The highest BCUT2D eigenvalue weighted by Crippen LogP contribution is 2.32. The van der Waals surface area contributed by atoms with Gasteiger partial charge in [-0.25, -0.2) is 9.78 Å². The zero-order valence-corrected chi connectivity index (χ0v) is 19.0. The highest BCUT2D eigenvalue weighted by Gasteiger charge is 2.21. The summed E-state index contributed by atoms with van der Waals surface area (Å²) in [4.78, 5) is 30.8. The molecule has 0 fully saturated rings. The topological polar surface area (TPSA) is 78.0 Å². The molecular weight excluding hydrogens is 454 g/mol. The number of anilines is 2. The molecule has 1 aromatic heterocycles. The van der Waals surface area contributed by atoms with Crippen molar-refractivity contribution in [3.05, 3.63) is 64.7 Å². The maximum Gasteiger partial charge on any atom is 0.387 e. The maximum absolute atomic E-state index is 12.5. The van der Waals surface area contributed by atoms with Crippen LogP contribution >= 0.6 is 11.3 Å². The van der Waals surface area contributed by atoms with E-state index in [0.29, 0.717) is 10.8 Å². The van der Waals surface area contributed by atoms with E-state index >= 15 is 0 Å². The molecule has 0 bridgehead atoms. The lowest BCUT2D eigenvalue weighted by Crippen LogP contribution is -2.23. The van der Waals surface area contributed by atoms with Crippen LogP contribution in [0.25, 0.3) is 0 Å². The average Bonchev–Trinajstić information content (AvgIpc) is 3.26. The van der Waals surface area contributed by atoms with E-state index in [-0.39, 0.29) is 29.6 Å². The van der Waals surface area contributed by atoms with Gasteiger partial charge in [0.1, 0.15) is 6.61 Å². The summed E-state index contributed by atoms with van der Waals surface area (Å²) < 4.78 is 39.6. The molecule has 0 atom stereocenters. The van der Waals surface area contributed by atoms with Crippen LogP contribution < -0.4 is 14.4 Å². The number of thiazole rings is 1. The fourth-order valence-electron chi connectivity index (χ4n) is 3.11. The van der Waals surface area contributed by atoms with Crippen LogP contribution in [0.15, 0.2) is 47.8 Å². The zero-order valence-electron chi connectivity index (χ0n) is 18.2. The monoisotopic (exact) mass is 476 g/mol. The molecule has 3 rings (SSSR count). The fraction of sp³-hybridized carbons (Fsp3) is 0.261. The van der Waals surface area contributed by atoms with Crippen LogP contribution in [-0.4, -0.2) is 30.6 Å². The Hall–Kier alpha value is -3.53. The van der Waals surface area contributed by atoms with Crippen molar-refractivity contribution in [1.82, 2.24) is 4.98 Å². The van der Waals surface area contributed by atoms with E-state index in [9.17, 15) is 18.4 Å². The normalized spacial score (nSPS) is 10.7. The minimum atomic E-state index is -3.02. The van der Waals surface area contributed by atoms with Gasteiger partial charge in [-0.2, -0.15) is 8.78 Å². The van der Waals surface area contributed by atoms with Crippen LogP contribution in [0.4, 0.5) is 19.6 Å². The van der Waals surface area contributed by atoms with Crippen LogP contribution in [0.5, 0.6) is 11.5 Å². The minimum Gasteiger partial charge on any atom is -0.493 e. The van der Waals surface area contributed by atoms with Crippen molar-refractivity contribution in [3.63, 3.8) is 0 Å². The van der Waals surface area contributed by atoms with Gasteiger partial charge in [-0.15, -0.1) is 11.3 Å². The molecule has 0 radical (unpaired) electrons. The van der Waals surface area contributed by atoms with Crippen LogP contribution in [0, 0.1) is 0 Å². The molecule has 1 amide bonds. The number of hydrogen-bond donors (Lipinski definition) is 0. The third kappa shape index (κ3) is 5.83. The Labute approximate surface area is 193 Å². The van der Waals surface area contributed by atoms with Crippen molar-refractivity contribution >= 4 is 34.0 Å². The van der Waals surface area contributed by atoms with E-state index in [2.05, 4.69) is 9.72 Å². The van der Waals surface area contributed by atoms with Crippen molar-refractivity contribution in [2.45, 2.75) is 33.5 Å². The average molecular weight is 477 g/mol. The molecule has 0 saturated carbocycles. The summed E-state index contributed by atoms with van der Waals surface area (Å²) in [5, 5.41) is 2.16. The van der Waals surface area contributed by atoms with E-state index < -0.39 is 12.6 Å². The number of halogens is 2. The van der Waals surface area contributed by atoms with Gasteiger partial charge >= 0.3 is 12.6 Å². The first kappa shape index (κ1) is 24.1. The van der Waals surface area contributed by atoms with Gasteiger partial charge in [0.2, 0.25) is 5.91 Å². The van der Waals surface area contributed by atoms with Gasteiger partial charge in [0, 0.05) is 12.3 Å². The van der Waals surface area contributed by atoms with Crippen molar-refractivity contribution in [2.75, 3.05) is 12.0 Å². The molecule has 0 N–H and O–H groups in total. The Kier molecular flexibility index (Phi) is 7.94. The summed E-state index contributed by atoms with van der Waals surface area (Å²) in [7, 11) is 1.27. The van der Waals surface area contributed by atoms with Gasteiger partial charge < -0.3 is 14.2 Å². The summed E-state index contributed by atoms with van der Waals surface area (Å²) in [6.45, 7) is 0.316. The number of alkyl halides is 2. The molecule has 0 aliphatic rings. The first-order valence-electron chi connectivity index (χ1n) is 9.97. The van der Waals surface area contributed by atoms with Crippen LogP contribution in [0.2, 0.25) is 0 Å². The van der Waals surface area contributed by atoms with Gasteiger partial charge in [-0.1, -0.05) is 25.1 Å². The lowest BCUT2D eigenvalue weighted by molar-refractivity contribution is -0.115. The van der Waals surface area contributed by atoms with E-state index in [4.69, 9.17) is 9.47 Å². The summed E-state index contributed by atoms with van der Waals surface area (Å²) in [6.07, 6.45) is 0.750. The number of methoxy groups -OCH3 is 1. The lowest BCUT2D eigenvalue weighted by Gasteiger charge is -2.20. The molecule has 174 valence electrons.